The molecule has 0 atom stereocenters. The SMILES string of the molecule is NS(=O)(=O)c1cc(NCCOc2ccc(Br)cc2)cc([N+](=O)[O-])c1. The maximum Gasteiger partial charge on any atom is 0.272 e. The van der Waals surface area contributed by atoms with Crippen molar-refractivity contribution >= 4 is 37.3 Å². The predicted molar refractivity (Wildman–Crippen MR) is 92.6 cm³/mol. The summed E-state index contributed by atoms with van der Waals surface area (Å²) in [6.07, 6.45) is 0. The van der Waals surface area contributed by atoms with Crippen molar-refractivity contribution < 1.29 is 18.1 Å². The number of ether oxygens (including phenoxy) is 1. The van der Waals surface area contributed by atoms with Gasteiger partial charge in [-0.3, -0.25) is 10.1 Å². The number of hydrogen-bond donors (Lipinski definition) is 2. The quantitative estimate of drug-likeness (QED) is 0.406. The van der Waals surface area contributed by atoms with E-state index in [1.54, 1.807) is 12.1 Å². The Labute approximate surface area is 147 Å². The van der Waals surface area contributed by atoms with Crippen molar-refractivity contribution in [3.63, 3.8) is 0 Å². The Kier molecular flexibility index (Phi) is 5.75. The highest BCUT2D eigenvalue weighted by Gasteiger charge is 2.16. The Morgan fingerprint density at radius 1 is 1.21 bits per heavy atom. The van der Waals surface area contributed by atoms with Crippen LogP contribution < -0.4 is 15.2 Å². The van der Waals surface area contributed by atoms with E-state index < -0.39 is 14.9 Å². The Morgan fingerprint density at radius 2 is 1.88 bits per heavy atom. The van der Waals surface area contributed by atoms with Gasteiger partial charge in [0.25, 0.3) is 5.69 Å². The first kappa shape index (κ1) is 18.2. The first-order chi connectivity index (χ1) is 11.3. The van der Waals surface area contributed by atoms with Gasteiger partial charge in [0.2, 0.25) is 10.0 Å². The fourth-order valence-electron chi connectivity index (χ4n) is 1.85. The second kappa shape index (κ2) is 7.60. The van der Waals surface area contributed by atoms with E-state index in [0.29, 0.717) is 12.3 Å². The van der Waals surface area contributed by atoms with Gasteiger partial charge < -0.3 is 10.1 Å². The molecule has 2 aromatic carbocycles. The van der Waals surface area contributed by atoms with Crippen LogP contribution in [0.15, 0.2) is 51.8 Å². The number of nitrogens with one attached hydrogen (secondary N) is 1. The average Bonchev–Trinajstić information content (AvgIpc) is 2.52. The van der Waals surface area contributed by atoms with Crippen molar-refractivity contribution in [2.75, 3.05) is 18.5 Å². The third-order valence-electron chi connectivity index (χ3n) is 2.94. The summed E-state index contributed by atoms with van der Waals surface area (Å²) < 4.78 is 29.2. The molecular formula is C14H14BrN3O5S. The Morgan fingerprint density at radius 3 is 2.46 bits per heavy atom. The first-order valence-electron chi connectivity index (χ1n) is 6.70. The van der Waals surface area contributed by atoms with Crippen LogP contribution in [-0.4, -0.2) is 26.5 Å². The van der Waals surface area contributed by atoms with Crippen LogP contribution in [0.25, 0.3) is 0 Å². The van der Waals surface area contributed by atoms with E-state index in [9.17, 15) is 18.5 Å². The van der Waals surface area contributed by atoms with Crippen LogP contribution in [0, 0.1) is 10.1 Å². The zero-order valence-electron chi connectivity index (χ0n) is 12.3. The summed E-state index contributed by atoms with van der Waals surface area (Å²) >= 11 is 3.32. The van der Waals surface area contributed by atoms with Crippen LogP contribution in [0.2, 0.25) is 0 Å². The highest BCUT2D eigenvalue weighted by Crippen LogP contribution is 2.23. The minimum absolute atomic E-state index is 0.271. The number of nitro groups is 1. The molecule has 0 saturated heterocycles. The molecule has 0 spiro atoms. The zero-order chi connectivity index (χ0) is 17.7. The Hall–Kier alpha value is -2.17. The molecule has 0 heterocycles. The number of benzene rings is 2. The minimum atomic E-state index is -4.04. The molecule has 0 aliphatic rings. The summed E-state index contributed by atoms with van der Waals surface area (Å²) in [5, 5.41) is 18.8. The van der Waals surface area contributed by atoms with Crippen molar-refractivity contribution in [1.29, 1.82) is 0 Å². The molecule has 128 valence electrons. The molecule has 0 bridgehead atoms. The number of nitrogens with two attached hydrogens (primary N) is 1. The number of anilines is 1. The molecule has 0 amide bonds. The molecule has 24 heavy (non-hydrogen) atoms. The van der Waals surface area contributed by atoms with Gasteiger partial charge in [-0.15, -0.1) is 0 Å². The van der Waals surface area contributed by atoms with Gasteiger partial charge in [-0.2, -0.15) is 0 Å². The number of primary sulfonamides is 1. The molecule has 0 saturated carbocycles. The number of non-ortho nitro benzene ring substituents is 1. The lowest BCUT2D eigenvalue weighted by Crippen LogP contribution is -2.15. The zero-order valence-corrected chi connectivity index (χ0v) is 14.7. The summed E-state index contributed by atoms with van der Waals surface area (Å²) in [4.78, 5) is 9.88. The standard InChI is InChI=1S/C14H14BrN3O5S/c15-10-1-3-13(4-2-10)23-6-5-17-11-7-12(18(19)20)9-14(8-11)24(16,21)22/h1-4,7-9,17H,5-6H2,(H2,16,21,22). The molecule has 0 radical (unpaired) electrons. The van der Waals surface area contributed by atoms with Crippen LogP contribution >= 0.6 is 15.9 Å². The van der Waals surface area contributed by atoms with Gasteiger partial charge in [0.1, 0.15) is 12.4 Å². The lowest BCUT2D eigenvalue weighted by Gasteiger charge is -2.10. The van der Waals surface area contributed by atoms with Crippen molar-refractivity contribution in [1.82, 2.24) is 0 Å². The topological polar surface area (TPSA) is 125 Å². The van der Waals surface area contributed by atoms with E-state index in [0.717, 1.165) is 10.5 Å². The largest absolute Gasteiger partial charge is 0.492 e. The second-order valence-corrected chi connectivity index (χ2v) is 7.22. The van der Waals surface area contributed by atoms with Gasteiger partial charge >= 0.3 is 0 Å². The monoisotopic (exact) mass is 415 g/mol. The van der Waals surface area contributed by atoms with Crippen molar-refractivity contribution in [2.45, 2.75) is 4.90 Å². The van der Waals surface area contributed by atoms with Crippen LogP contribution in [0.5, 0.6) is 5.75 Å². The van der Waals surface area contributed by atoms with Crippen LogP contribution in [0.3, 0.4) is 0 Å². The third kappa shape index (κ3) is 5.18. The van der Waals surface area contributed by atoms with Gasteiger partial charge in [-0.25, -0.2) is 13.6 Å². The molecule has 0 unspecified atom stereocenters. The summed E-state index contributed by atoms with van der Waals surface area (Å²) in [6.45, 7) is 0.607. The molecule has 10 heteroatoms. The van der Waals surface area contributed by atoms with E-state index in [1.165, 1.54) is 12.1 Å². The van der Waals surface area contributed by atoms with Gasteiger partial charge in [0.05, 0.1) is 9.82 Å². The van der Waals surface area contributed by atoms with Crippen molar-refractivity contribution in [3.05, 3.63) is 57.1 Å². The minimum Gasteiger partial charge on any atom is -0.492 e. The first-order valence-corrected chi connectivity index (χ1v) is 9.04. The van der Waals surface area contributed by atoms with Gasteiger partial charge in [0.15, 0.2) is 0 Å². The molecular weight excluding hydrogens is 402 g/mol. The number of halogens is 1. The Bertz CT molecular complexity index is 840. The summed E-state index contributed by atoms with van der Waals surface area (Å²) in [5.74, 6) is 0.671. The molecule has 0 aromatic heterocycles. The number of nitrogens with zero attached hydrogens (tertiary/aromatic N) is 1. The average molecular weight is 416 g/mol. The molecule has 0 aliphatic carbocycles. The number of sulfonamides is 1. The van der Waals surface area contributed by atoms with E-state index in [1.807, 2.05) is 12.1 Å². The lowest BCUT2D eigenvalue weighted by atomic mass is 10.3. The Balaban J connectivity index is 2.02. The van der Waals surface area contributed by atoms with E-state index >= 15 is 0 Å². The molecule has 0 aliphatic heterocycles. The van der Waals surface area contributed by atoms with Gasteiger partial charge in [-0.1, -0.05) is 15.9 Å². The molecule has 2 aromatic rings. The highest BCUT2D eigenvalue weighted by molar-refractivity contribution is 9.10. The smallest absolute Gasteiger partial charge is 0.272 e. The normalized spacial score (nSPS) is 11.1. The molecule has 3 N–H and O–H groups in total. The summed E-state index contributed by atoms with van der Waals surface area (Å²) in [5.41, 5.74) is -0.0921. The third-order valence-corrected chi connectivity index (χ3v) is 4.37. The summed E-state index contributed by atoms with van der Waals surface area (Å²) in [6, 6.07) is 10.6. The summed E-state index contributed by atoms with van der Waals surface area (Å²) in [7, 11) is -4.04. The number of nitro benzene ring substituents is 1. The van der Waals surface area contributed by atoms with Gasteiger partial charge in [-0.05, 0) is 30.3 Å². The van der Waals surface area contributed by atoms with Crippen LogP contribution in [0.4, 0.5) is 11.4 Å². The van der Waals surface area contributed by atoms with Crippen LogP contribution in [-0.2, 0) is 10.0 Å². The fraction of sp³-hybridized carbons (Fsp3) is 0.143. The van der Waals surface area contributed by atoms with E-state index in [4.69, 9.17) is 9.88 Å². The number of rotatable bonds is 7. The van der Waals surface area contributed by atoms with Gasteiger partial charge in [0, 0.05) is 28.8 Å². The highest BCUT2D eigenvalue weighted by atomic mass is 79.9. The maximum atomic E-state index is 11.4. The predicted octanol–water partition coefficient (Wildman–Crippen LogP) is 2.50. The van der Waals surface area contributed by atoms with E-state index in [2.05, 4.69) is 21.2 Å². The molecule has 0 fully saturated rings. The number of hydrogen-bond acceptors (Lipinski definition) is 6. The van der Waals surface area contributed by atoms with Crippen LogP contribution in [0.1, 0.15) is 0 Å². The van der Waals surface area contributed by atoms with Crippen molar-refractivity contribution in [3.8, 4) is 5.75 Å². The fourth-order valence-corrected chi connectivity index (χ4v) is 2.69. The van der Waals surface area contributed by atoms with E-state index in [-0.39, 0.29) is 22.9 Å². The lowest BCUT2D eigenvalue weighted by molar-refractivity contribution is -0.385. The second-order valence-electron chi connectivity index (χ2n) is 4.75. The molecule has 2 rings (SSSR count). The molecule has 8 nitrogen and oxygen atoms in total. The van der Waals surface area contributed by atoms with Crippen molar-refractivity contribution in [2.24, 2.45) is 5.14 Å². The maximum absolute atomic E-state index is 11.4.